The van der Waals surface area contributed by atoms with Crippen LogP contribution in [0.4, 0.5) is 5.69 Å². The third-order valence-electron chi connectivity index (χ3n) is 3.40. The highest BCUT2D eigenvalue weighted by molar-refractivity contribution is 6.35. The number of hydrogen-bond donors (Lipinski definition) is 1. The first-order chi connectivity index (χ1) is 10.5. The minimum Gasteiger partial charge on any atom is -0.492 e. The lowest BCUT2D eigenvalue weighted by molar-refractivity contribution is 0.314. The number of halogens is 2. The second-order valence-corrected chi connectivity index (χ2v) is 6.24. The van der Waals surface area contributed by atoms with Crippen molar-refractivity contribution in [3.8, 4) is 5.75 Å². The topological polar surface area (TPSA) is 21.3 Å². The third kappa shape index (κ3) is 4.31. The molecule has 0 saturated carbocycles. The number of rotatable bonds is 6. The second-order valence-electron chi connectivity index (χ2n) is 5.40. The van der Waals surface area contributed by atoms with Crippen LogP contribution in [-0.4, -0.2) is 6.61 Å². The van der Waals surface area contributed by atoms with Crippen molar-refractivity contribution in [3.63, 3.8) is 0 Å². The summed E-state index contributed by atoms with van der Waals surface area (Å²) in [5.41, 5.74) is 4.50. The van der Waals surface area contributed by atoms with E-state index in [4.69, 9.17) is 27.9 Å². The van der Waals surface area contributed by atoms with Crippen LogP contribution < -0.4 is 10.1 Å². The predicted molar refractivity (Wildman–Crippen MR) is 95.5 cm³/mol. The summed E-state index contributed by atoms with van der Waals surface area (Å²) < 4.78 is 5.78. The van der Waals surface area contributed by atoms with E-state index < -0.39 is 0 Å². The molecule has 0 atom stereocenters. The summed E-state index contributed by atoms with van der Waals surface area (Å²) in [5, 5.41) is 4.62. The molecule has 2 nitrogen and oxygen atoms in total. The van der Waals surface area contributed by atoms with Crippen LogP contribution >= 0.6 is 23.2 Å². The van der Waals surface area contributed by atoms with Gasteiger partial charge in [0.15, 0.2) is 0 Å². The van der Waals surface area contributed by atoms with Gasteiger partial charge in [0.25, 0.3) is 0 Å². The molecule has 118 valence electrons. The van der Waals surface area contributed by atoms with Crippen LogP contribution in [0.1, 0.15) is 30.0 Å². The van der Waals surface area contributed by atoms with Crippen LogP contribution in [0, 0.1) is 13.8 Å². The van der Waals surface area contributed by atoms with Crippen molar-refractivity contribution in [2.24, 2.45) is 0 Å². The first-order valence-electron chi connectivity index (χ1n) is 7.43. The zero-order valence-electron chi connectivity index (χ0n) is 13.2. The summed E-state index contributed by atoms with van der Waals surface area (Å²) in [5.74, 6) is 0.714. The molecule has 1 N–H and O–H groups in total. The lowest BCUT2D eigenvalue weighted by Gasteiger charge is -2.16. The van der Waals surface area contributed by atoms with Gasteiger partial charge in [0.2, 0.25) is 0 Å². The van der Waals surface area contributed by atoms with E-state index in [-0.39, 0.29) is 0 Å². The molecule has 2 aromatic carbocycles. The van der Waals surface area contributed by atoms with Gasteiger partial charge in [-0.15, -0.1) is 0 Å². The maximum Gasteiger partial charge on any atom is 0.142 e. The minimum atomic E-state index is 0.554. The number of ether oxygens (including phenoxy) is 1. The first-order valence-corrected chi connectivity index (χ1v) is 8.18. The lowest BCUT2D eigenvalue weighted by atomic mass is 10.1. The van der Waals surface area contributed by atoms with Crippen molar-refractivity contribution in [2.75, 3.05) is 11.9 Å². The summed E-state index contributed by atoms with van der Waals surface area (Å²) in [6.45, 7) is 7.48. The van der Waals surface area contributed by atoms with E-state index >= 15 is 0 Å². The smallest absolute Gasteiger partial charge is 0.142 e. The van der Waals surface area contributed by atoms with Crippen LogP contribution in [0.25, 0.3) is 0 Å². The number of benzene rings is 2. The Kier molecular flexibility index (Phi) is 5.98. The van der Waals surface area contributed by atoms with Gasteiger partial charge in [-0.3, -0.25) is 0 Å². The van der Waals surface area contributed by atoms with Crippen molar-refractivity contribution in [3.05, 3.63) is 57.1 Å². The molecular formula is C18H21Cl2NO. The van der Waals surface area contributed by atoms with E-state index in [1.807, 2.05) is 6.07 Å². The molecule has 4 heteroatoms. The van der Waals surface area contributed by atoms with Gasteiger partial charge in [-0.25, -0.2) is 0 Å². The SMILES string of the molecule is CCCOc1c(Cl)cc(Cl)cc1CNc1cc(C)ccc1C. The summed E-state index contributed by atoms with van der Waals surface area (Å²) >= 11 is 12.4. The highest BCUT2D eigenvalue weighted by atomic mass is 35.5. The Morgan fingerprint density at radius 2 is 1.86 bits per heavy atom. The van der Waals surface area contributed by atoms with E-state index in [1.165, 1.54) is 11.1 Å². The molecule has 0 heterocycles. The Balaban J connectivity index is 2.22. The molecular weight excluding hydrogens is 317 g/mol. The van der Waals surface area contributed by atoms with Crippen LogP contribution in [-0.2, 0) is 6.54 Å². The van der Waals surface area contributed by atoms with Crippen LogP contribution in [0.3, 0.4) is 0 Å². The van der Waals surface area contributed by atoms with Crippen molar-refractivity contribution < 1.29 is 4.74 Å². The van der Waals surface area contributed by atoms with Crippen LogP contribution in [0.5, 0.6) is 5.75 Å². The molecule has 0 unspecified atom stereocenters. The summed E-state index contributed by atoms with van der Waals surface area (Å²) in [6, 6.07) is 9.96. The molecule has 2 rings (SSSR count). The summed E-state index contributed by atoms with van der Waals surface area (Å²) in [4.78, 5) is 0. The van der Waals surface area contributed by atoms with E-state index in [0.717, 1.165) is 17.7 Å². The standard InChI is InChI=1S/C18H21Cl2NO/c1-4-7-22-18-14(9-15(19)10-16(18)20)11-21-17-8-12(2)5-6-13(17)3/h5-6,8-10,21H,4,7,11H2,1-3H3. The molecule has 0 spiro atoms. The van der Waals surface area contributed by atoms with Crippen molar-refractivity contribution in [2.45, 2.75) is 33.7 Å². The fourth-order valence-corrected chi connectivity index (χ4v) is 2.82. The Bertz CT molecular complexity index is 656. The predicted octanol–water partition coefficient (Wildman–Crippen LogP) is 6.01. The Morgan fingerprint density at radius 3 is 2.59 bits per heavy atom. The van der Waals surface area contributed by atoms with Crippen molar-refractivity contribution in [1.82, 2.24) is 0 Å². The van der Waals surface area contributed by atoms with Gasteiger partial charge in [0.1, 0.15) is 5.75 Å². The molecule has 0 amide bonds. The third-order valence-corrected chi connectivity index (χ3v) is 3.90. The minimum absolute atomic E-state index is 0.554. The Labute approximate surface area is 142 Å². The molecule has 0 bridgehead atoms. The largest absolute Gasteiger partial charge is 0.492 e. The Hall–Kier alpha value is -1.38. The van der Waals surface area contributed by atoms with E-state index in [9.17, 15) is 0 Å². The average Bonchev–Trinajstić information content (AvgIpc) is 2.47. The first kappa shape index (κ1) is 17.0. The monoisotopic (exact) mass is 337 g/mol. The second kappa shape index (κ2) is 7.75. The molecule has 0 fully saturated rings. The molecule has 0 aliphatic carbocycles. The molecule has 0 aromatic heterocycles. The maximum atomic E-state index is 6.27. The molecule has 0 radical (unpaired) electrons. The summed E-state index contributed by atoms with van der Waals surface area (Å²) in [7, 11) is 0. The van der Waals surface area contributed by atoms with Gasteiger partial charge in [-0.1, -0.05) is 42.3 Å². The molecule has 22 heavy (non-hydrogen) atoms. The molecule has 0 aliphatic heterocycles. The fourth-order valence-electron chi connectivity index (χ4n) is 2.23. The number of hydrogen-bond acceptors (Lipinski definition) is 2. The molecule has 0 aliphatic rings. The normalized spacial score (nSPS) is 10.6. The van der Waals surface area contributed by atoms with Crippen molar-refractivity contribution in [1.29, 1.82) is 0 Å². The highest BCUT2D eigenvalue weighted by Crippen LogP contribution is 2.33. The van der Waals surface area contributed by atoms with Gasteiger partial charge >= 0.3 is 0 Å². The number of anilines is 1. The van der Waals surface area contributed by atoms with Gasteiger partial charge in [0, 0.05) is 22.8 Å². The highest BCUT2D eigenvalue weighted by Gasteiger charge is 2.11. The number of aryl methyl sites for hydroxylation is 2. The average molecular weight is 338 g/mol. The van der Waals surface area contributed by atoms with E-state index in [2.05, 4.69) is 44.3 Å². The van der Waals surface area contributed by atoms with Gasteiger partial charge < -0.3 is 10.1 Å². The molecule has 2 aromatic rings. The summed E-state index contributed by atoms with van der Waals surface area (Å²) in [6.07, 6.45) is 0.933. The van der Waals surface area contributed by atoms with Crippen LogP contribution in [0.15, 0.2) is 30.3 Å². The quantitative estimate of drug-likeness (QED) is 0.696. The van der Waals surface area contributed by atoms with E-state index in [1.54, 1.807) is 6.07 Å². The van der Waals surface area contributed by atoms with Gasteiger partial charge in [0.05, 0.1) is 11.6 Å². The molecule has 0 saturated heterocycles. The van der Waals surface area contributed by atoms with E-state index in [0.29, 0.717) is 28.9 Å². The van der Waals surface area contributed by atoms with Crippen molar-refractivity contribution >= 4 is 28.9 Å². The Morgan fingerprint density at radius 1 is 1.09 bits per heavy atom. The maximum absolute atomic E-state index is 6.27. The van der Waals surface area contributed by atoms with Gasteiger partial charge in [-0.2, -0.15) is 0 Å². The zero-order valence-corrected chi connectivity index (χ0v) is 14.7. The van der Waals surface area contributed by atoms with Crippen LogP contribution in [0.2, 0.25) is 10.0 Å². The zero-order chi connectivity index (χ0) is 16.1. The van der Waals surface area contributed by atoms with Gasteiger partial charge in [-0.05, 0) is 49.6 Å². The lowest BCUT2D eigenvalue weighted by Crippen LogP contribution is -2.06. The number of nitrogens with one attached hydrogen (secondary N) is 1. The fraction of sp³-hybridized carbons (Fsp3) is 0.333.